The minimum Gasteiger partial charge on any atom is -0.368 e. The van der Waals surface area contributed by atoms with Crippen LogP contribution in [0, 0.1) is 6.92 Å². The minimum absolute atomic E-state index is 0.151. The van der Waals surface area contributed by atoms with Gasteiger partial charge in [-0.2, -0.15) is 0 Å². The van der Waals surface area contributed by atoms with Crippen LogP contribution in [-0.2, 0) is 6.42 Å². The van der Waals surface area contributed by atoms with Crippen LogP contribution in [-0.4, -0.2) is 46.6 Å². The second-order valence-corrected chi connectivity index (χ2v) is 5.51. The third-order valence-corrected chi connectivity index (χ3v) is 3.63. The fourth-order valence-electron chi connectivity index (χ4n) is 1.58. The Kier molecular flexibility index (Phi) is 4.62. The van der Waals surface area contributed by atoms with Crippen molar-refractivity contribution in [1.29, 1.82) is 0 Å². The summed E-state index contributed by atoms with van der Waals surface area (Å²) < 4.78 is 0. The number of amides is 1. The number of rotatable bonds is 5. The molecule has 0 atom stereocenters. The van der Waals surface area contributed by atoms with Gasteiger partial charge in [0.15, 0.2) is 5.69 Å². The van der Waals surface area contributed by atoms with Gasteiger partial charge in [0.1, 0.15) is 5.82 Å². The Bertz CT molecular complexity index is 579. The van der Waals surface area contributed by atoms with E-state index in [4.69, 9.17) is 0 Å². The van der Waals surface area contributed by atoms with Crippen molar-refractivity contribution >= 4 is 23.1 Å². The van der Waals surface area contributed by atoms with E-state index in [9.17, 15) is 4.79 Å². The van der Waals surface area contributed by atoms with Crippen LogP contribution in [0.1, 0.15) is 21.2 Å². The molecule has 106 valence electrons. The number of hydrogen-bond donors (Lipinski definition) is 1. The molecule has 2 rings (SSSR count). The average molecular weight is 291 g/mol. The first-order valence-corrected chi connectivity index (χ1v) is 7.14. The summed E-state index contributed by atoms with van der Waals surface area (Å²) in [6.45, 7) is 2.72. The number of hydrogen-bond acceptors (Lipinski definition) is 6. The molecular formula is C13H17N5OS. The maximum atomic E-state index is 11.7. The molecule has 0 fully saturated rings. The van der Waals surface area contributed by atoms with Gasteiger partial charge in [0.2, 0.25) is 0 Å². The minimum atomic E-state index is -0.151. The molecule has 0 aliphatic rings. The molecule has 0 saturated heterocycles. The molecule has 0 spiro atoms. The summed E-state index contributed by atoms with van der Waals surface area (Å²) in [5.41, 5.74) is 1.40. The molecule has 0 bridgehead atoms. The highest BCUT2D eigenvalue weighted by atomic mass is 32.1. The standard InChI is InChI=1S/C13H17N5OS/c1-9-8-20-12(15-9)6-7-14-11-5-4-10(16-17-11)13(19)18(2)3/h4-5,8H,6-7H2,1-3H3,(H,14,17). The van der Waals surface area contributed by atoms with Gasteiger partial charge in [-0.3, -0.25) is 4.79 Å². The maximum Gasteiger partial charge on any atom is 0.273 e. The van der Waals surface area contributed by atoms with Crippen LogP contribution in [0.3, 0.4) is 0 Å². The maximum absolute atomic E-state index is 11.7. The van der Waals surface area contributed by atoms with E-state index in [1.807, 2.05) is 12.3 Å². The highest BCUT2D eigenvalue weighted by Gasteiger charge is 2.09. The number of anilines is 1. The summed E-state index contributed by atoms with van der Waals surface area (Å²) >= 11 is 1.66. The van der Waals surface area contributed by atoms with Gasteiger partial charge < -0.3 is 10.2 Å². The second kappa shape index (κ2) is 6.42. The summed E-state index contributed by atoms with van der Waals surface area (Å²) in [6, 6.07) is 3.43. The van der Waals surface area contributed by atoms with E-state index >= 15 is 0 Å². The molecule has 0 aliphatic carbocycles. The SMILES string of the molecule is Cc1csc(CCNc2ccc(C(=O)N(C)C)nn2)n1. The molecule has 2 aromatic heterocycles. The van der Waals surface area contributed by atoms with Crippen molar-refractivity contribution in [3.63, 3.8) is 0 Å². The summed E-state index contributed by atoms with van der Waals surface area (Å²) in [5.74, 6) is 0.510. The zero-order valence-corrected chi connectivity index (χ0v) is 12.6. The fourth-order valence-corrected chi connectivity index (χ4v) is 2.36. The molecule has 20 heavy (non-hydrogen) atoms. The molecule has 1 N–H and O–H groups in total. The summed E-state index contributed by atoms with van der Waals surface area (Å²) in [4.78, 5) is 17.5. The largest absolute Gasteiger partial charge is 0.368 e. The molecule has 0 unspecified atom stereocenters. The van der Waals surface area contributed by atoms with Crippen LogP contribution in [0.4, 0.5) is 5.82 Å². The van der Waals surface area contributed by atoms with E-state index in [0.29, 0.717) is 11.5 Å². The van der Waals surface area contributed by atoms with Crippen molar-refractivity contribution in [3.8, 4) is 0 Å². The normalized spacial score (nSPS) is 10.3. The van der Waals surface area contributed by atoms with Gasteiger partial charge in [0, 0.05) is 38.1 Å². The molecule has 0 aliphatic heterocycles. The molecule has 2 aromatic rings. The molecule has 0 aromatic carbocycles. The van der Waals surface area contributed by atoms with Crippen LogP contribution >= 0.6 is 11.3 Å². The van der Waals surface area contributed by atoms with Crippen molar-refractivity contribution in [2.75, 3.05) is 26.0 Å². The van der Waals surface area contributed by atoms with Crippen LogP contribution in [0.2, 0.25) is 0 Å². The van der Waals surface area contributed by atoms with Crippen LogP contribution in [0.15, 0.2) is 17.5 Å². The lowest BCUT2D eigenvalue weighted by Gasteiger charge is -2.09. The summed E-state index contributed by atoms with van der Waals surface area (Å²) in [5, 5.41) is 14.2. The van der Waals surface area contributed by atoms with E-state index in [1.54, 1.807) is 37.6 Å². The van der Waals surface area contributed by atoms with Gasteiger partial charge in [0.25, 0.3) is 5.91 Å². The highest BCUT2D eigenvalue weighted by molar-refractivity contribution is 7.09. The Hall–Kier alpha value is -2.02. The molecule has 1 amide bonds. The number of nitrogens with one attached hydrogen (secondary N) is 1. The monoisotopic (exact) mass is 291 g/mol. The van der Waals surface area contributed by atoms with E-state index in [0.717, 1.165) is 23.7 Å². The average Bonchev–Trinajstić information content (AvgIpc) is 2.84. The Morgan fingerprint density at radius 3 is 2.70 bits per heavy atom. The third kappa shape index (κ3) is 3.74. The quantitative estimate of drug-likeness (QED) is 0.906. The molecular weight excluding hydrogens is 274 g/mol. The molecule has 0 saturated carbocycles. The third-order valence-electron chi connectivity index (χ3n) is 2.60. The lowest BCUT2D eigenvalue weighted by molar-refractivity contribution is 0.0821. The van der Waals surface area contributed by atoms with Crippen molar-refractivity contribution in [2.45, 2.75) is 13.3 Å². The Morgan fingerprint density at radius 1 is 1.35 bits per heavy atom. The predicted molar refractivity (Wildman–Crippen MR) is 79.1 cm³/mol. The number of carbonyl (C=O) groups is 1. The van der Waals surface area contributed by atoms with Gasteiger partial charge in [0.05, 0.1) is 5.01 Å². The van der Waals surface area contributed by atoms with Gasteiger partial charge in [-0.25, -0.2) is 4.98 Å². The molecule has 2 heterocycles. The second-order valence-electron chi connectivity index (χ2n) is 4.56. The van der Waals surface area contributed by atoms with Gasteiger partial charge >= 0.3 is 0 Å². The lowest BCUT2D eigenvalue weighted by Crippen LogP contribution is -2.23. The van der Waals surface area contributed by atoms with E-state index < -0.39 is 0 Å². The highest BCUT2D eigenvalue weighted by Crippen LogP contribution is 2.10. The Morgan fingerprint density at radius 2 is 2.15 bits per heavy atom. The summed E-state index contributed by atoms with van der Waals surface area (Å²) in [7, 11) is 3.37. The lowest BCUT2D eigenvalue weighted by atomic mass is 10.3. The smallest absolute Gasteiger partial charge is 0.273 e. The van der Waals surface area contributed by atoms with E-state index in [1.165, 1.54) is 4.90 Å². The van der Waals surface area contributed by atoms with Crippen molar-refractivity contribution < 1.29 is 4.79 Å². The van der Waals surface area contributed by atoms with Gasteiger partial charge in [-0.05, 0) is 19.1 Å². The zero-order chi connectivity index (χ0) is 14.5. The van der Waals surface area contributed by atoms with Crippen LogP contribution in [0.5, 0.6) is 0 Å². The molecule has 6 nitrogen and oxygen atoms in total. The first-order chi connectivity index (χ1) is 9.56. The Labute approximate surface area is 121 Å². The Balaban J connectivity index is 1.86. The first kappa shape index (κ1) is 14.4. The van der Waals surface area contributed by atoms with Crippen LogP contribution in [0.25, 0.3) is 0 Å². The van der Waals surface area contributed by atoms with Gasteiger partial charge in [-0.15, -0.1) is 21.5 Å². The fraction of sp³-hybridized carbons (Fsp3) is 0.385. The van der Waals surface area contributed by atoms with E-state index in [-0.39, 0.29) is 5.91 Å². The van der Waals surface area contributed by atoms with E-state index in [2.05, 4.69) is 20.5 Å². The molecule has 7 heteroatoms. The predicted octanol–water partition coefficient (Wildman–Crippen LogP) is 1.60. The summed E-state index contributed by atoms with van der Waals surface area (Å²) in [6.07, 6.45) is 0.846. The number of aromatic nitrogens is 3. The van der Waals surface area contributed by atoms with Gasteiger partial charge in [-0.1, -0.05) is 0 Å². The zero-order valence-electron chi connectivity index (χ0n) is 11.8. The molecule has 0 radical (unpaired) electrons. The first-order valence-electron chi connectivity index (χ1n) is 6.26. The number of aryl methyl sites for hydroxylation is 1. The number of thiazole rings is 1. The van der Waals surface area contributed by atoms with Crippen molar-refractivity contribution in [2.24, 2.45) is 0 Å². The number of nitrogens with zero attached hydrogens (tertiary/aromatic N) is 4. The van der Waals surface area contributed by atoms with Crippen molar-refractivity contribution in [3.05, 3.63) is 33.9 Å². The van der Waals surface area contributed by atoms with Crippen molar-refractivity contribution in [1.82, 2.24) is 20.1 Å². The van der Waals surface area contributed by atoms with Crippen LogP contribution < -0.4 is 5.32 Å². The number of carbonyl (C=O) groups excluding carboxylic acids is 1. The topological polar surface area (TPSA) is 71.0 Å².